The Hall–Kier alpha value is -8.08. The van der Waals surface area contributed by atoms with Crippen molar-refractivity contribution in [3.05, 3.63) is 230 Å². The zero-order valence-electron chi connectivity index (χ0n) is 39.6. The van der Waals surface area contributed by atoms with Gasteiger partial charge in [0.25, 0.3) is 0 Å². The van der Waals surface area contributed by atoms with Gasteiger partial charge in [0.05, 0.1) is 22.8 Å². The topological polar surface area (TPSA) is 51.6 Å². The fourth-order valence-corrected chi connectivity index (χ4v) is 9.36. The van der Waals surface area contributed by atoms with Gasteiger partial charge in [0.1, 0.15) is 0 Å². The molecule has 4 heteroatoms. The highest BCUT2D eigenvalue weighted by Gasteiger charge is 2.29. The van der Waals surface area contributed by atoms with E-state index in [0.29, 0.717) is 11.6 Å². The zero-order chi connectivity index (χ0) is 46.8. The molecule has 0 saturated heterocycles. The van der Waals surface area contributed by atoms with E-state index in [0.717, 1.165) is 89.5 Å². The fraction of sp³-hybridized carbons (Fsp3) is 0.125. The van der Waals surface area contributed by atoms with Crippen LogP contribution in [0.1, 0.15) is 52.7 Å². The van der Waals surface area contributed by atoms with Crippen LogP contribution in [0.5, 0.6) is 0 Å². The van der Waals surface area contributed by atoms with E-state index in [2.05, 4.69) is 224 Å². The molecule has 0 N–H and O–H groups in total. The van der Waals surface area contributed by atoms with Crippen LogP contribution in [0.25, 0.3) is 101 Å². The van der Waals surface area contributed by atoms with Gasteiger partial charge in [-0.2, -0.15) is 0 Å². The molecule has 0 aliphatic carbocycles. The van der Waals surface area contributed by atoms with Crippen LogP contribution < -0.4 is 0 Å². The van der Waals surface area contributed by atoms with Gasteiger partial charge in [-0.1, -0.05) is 260 Å². The van der Waals surface area contributed by atoms with Crippen molar-refractivity contribution in [2.24, 2.45) is 0 Å². The summed E-state index contributed by atoms with van der Waals surface area (Å²) in [6.07, 6.45) is 0. The number of hydrogen-bond acceptors (Lipinski definition) is 4. The molecule has 0 saturated carbocycles. The SMILES string of the molecule is CC(C)(C)c1c(-c2ccccc2)nc(-c2ccccc2)nc1-c1ccc(-c2ccccc2-c2ccccc2-c2ccc(-c3nc(-c4ccccc4)nc(-c4ccccc4)c3C(C)(C)C)cc2)cc1. The molecule has 0 aliphatic heterocycles. The summed E-state index contributed by atoms with van der Waals surface area (Å²) < 4.78 is 0. The molecule has 330 valence electrons. The van der Waals surface area contributed by atoms with Crippen molar-refractivity contribution >= 4 is 0 Å². The maximum Gasteiger partial charge on any atom is 0.160 e. The third-order valence-corrected chi connectivity index (χ3v) is 12.6. The molecule has 10 aromatic rings. The molecule has 4 nitrogen and oxygen atoms in total. The highest BCUT2D eigenvalue weighted by molar-refractivity contribution is 5.92. The predicted molar refractivity (Wildman–Crippen MR) is 284 cm³/mol. The number of nitrogens with zero attached hydrogens (tertiary/aromatic N) is 4. The van der Waals surface area contributed by atoms with Gasteiger partial charge in [0, 0.05) is 44.5 Å². The average Bonchev–Trinajstić information content (AvgIpc) is 3.38. The summed E-state index contributed by atoms with van der Waals surface area (Å²) in [5.74, 6) is 1.43. The first-order chi connectivity index (χ1) is 33.0. The molecule has 8 aromatic carbocycles. The molecule has 0 radical (unpaired) electrons. The van der Waals surface area contributed by atoms with Gasteiger partial charge in [-0.15, -0.1) is 0 Å². The summed E-state index contributed by atoms with van der Waals surface area (Å²) in [6.45, 7) is 13.5. The van der Waals surface area contributed by atoms with Gasteiger partial charge in [-0.3, -0.25) is 0 Å². The summed E-state index contributed by atoms with van der Waals surface area (Å²) in [7, 11) is 0. The molecule has 2 heterocycles. The number of hydrogen-bond donors (Lipinski definition) is 0. The van der Waals surface area contributed by atoms with Gasteiger partial charge >= 0.3 is 0 Å². The largest absolute Gasteiger partial charge is 0.228 e. The number of rotatable bonds is 9. The second-order valence-corrected chi connectivity index (χ2v) is 19.4. The van der Waals surface area contributed by atoms with Crippen molar-refractivity contribution in [1.29, 1.82) is 0 Å². The first kappa shape index (κ1) is 43.8. The molecule has 68 heavy (non-hydrogen) atoms. The predicted octanol–water partition coefficient (Wildman–Crippen LogP) is 16.9. The fourth-order valence-electron chi connectivity index (χ4n) is 9.36. The van der Waals surface area contributed by atoms with Crippen molar-refractivity contribution in [2.45, 2.75) is 52.4 Å². The summed E-state index contributed by atoms with van der Waals surface area (Å²) >= 11 is 0. The highest BCUT2D eigenvalue weighted by Crippen LogP contribution is 2.44. The molecule has 2 aromatic heterocycles. The van der Waals surface area contributed by atoms with Crippen LogP contribution in [0, 0.1) is 0 Å². The van der Waals surface area contributed by atoms with E-state index in [1.807, 2.05) is 36.4 Å². The van der Waals surface area contributed by atoms with E-state index >= 15 is 0 Å². The smallest absolute Gasteiger partial charge is 0.160 e. The second kappa shape index (κ2) is 18.3. The van der Waals surface area contributed by atoms with E-state index in [1.54, 1.807) is 0 Å². The Morgan fingerprint density at radius 1 is 0.221 bits per heavy atom. The van der Waals surface area contributed by atoms with E-state index in [9.17, 15) is 0 Å². The Kier molecular flexibility index (Phi) is 11.8. The summed E-state index contributed by atoms with van der Waals surface area (Å²) in [5.41, 5.74) is 18.8. The van der Waals surface area contributed by atoms with Crippen molar-refractivity contribution < 1.29 is 0 Å². The van der Waals surface area contributed by atoms with Gasteiger partial charge in [0.15, 0.2) is 11.6 Å². The Balaban J connectivity index is 1.05. The monoisotopic (exact) mass is 878 g/mol. The van der Waals surface area contributed by atoms with E-state index < -0.39 is 0 Å². The van der Waals surface area contributed by atoms with Crippen LogP contribution in [0.3, 0.4) is 0 Å². The highest BCUT2D eigenvalue weighted by atomic mass is 14.9. The lowest BCUT2D eigenvalue weighted by molar-refractivity contribution is 0.588. The lowest BCUT2D eigenvalue weighted by Crippen LogP contribution is -2.17. The van der Waals surface area contributed by atoms with E-state index in [1.165, 1.54) is 11.1 Å². The molecule has 0 fully saturated rings. The normalized spacial score (nSPS) is 11.7. The molecular formula is C64H54N4. The number of benzene rings is 8. The molecule has 0 unspecified atom stereocenters. The quantitative estimate of drug-likeness (QED) is 0.145. The van der Waals surface area contributed by atoms with Crippen LogP contribution in [0.4, 0.5) is 0 Å². The third kappa shape index (κ3) is 8.81. The van der Waals surface area contributed by atoms with Gasteiger partial charge < -0.3 is 0 Å². The van der Waals surface area contributed by atoms with Crippen molar-refractivity contribution in [2.75, 3.05) is 0 Å². The molecule has 0 aliphatic rings. The van der Waals surface area contributed by atoms with E-state index in [4.69, 9.17) is 19.9 Å². The molecule has 0 atom stereocenters. The molecule has 0 spiro atoms. The standard InChI is InChI=1S/C64H54N4/c1-63(2,3)55-57(45-23-11-7-12-24-45)65-61(49-27-15-9-16-28-49)67-59(55)47-39-35-43(36-40-47)51-31-19-21-33-53(51)54-34-22-20-32-52(54)44-37-41-48(42-38-44)60-56(64(4,5)6)58(46-25-13-8-14-26-46)66-62(68-60)50-29-17-10-18-30-50/h7-42H,1-6H3. The maximum atomic E-state index is 5.34. The minimum Gasteiger partial charge on any atom is -0.228 e. The lowest BCUT2D eigenvalue weighted by Gasteiger charge is -2.26. The third-order valence-electron chi connectivity index (χ3n) is 12.6. The Morgan fingerprint density at radius 2 is 0.441 bits per heavy atom. The molecule has 0 amide bonds. The van der Waals surface area contributed by atoms with Crippen molar-refractivity contribution in [3.8, 4) is 101 Å². The minimum atomic E-state index is -0.233. The first-order valence-electron chi connectivity index (χ1n) is 23.5. The van der Waals surface area contributed by atoms with Gasteiger partial charge in [-0.25, -0.2) is 19.9 Å². The van der Waals surface area contributed by atoms with Crippen LogP contribution in [-0.2, 0) is 10.8 Å². The maximum absolute atomic E-state index is 5.34. The van der Waals surface area contributed by atoms with Crippen molar-refractivity contribution in [3.63, 3.8) is 0 Å². The molecular weight excluding hydrogens is 825 g/mol. The summed E-state index contributed by atoms with van der Waals surface area (Å²) in [4.78, 5) is 21.2. The van der Waals surface area contributed by atoms with Gasteiger partial charge in [0.2, 0.25) is 0 Å². The second-order valence-electron chi connectivity index (χ2n) is 19.4. The van der Waals surface area contributed by atoms with Crippen LogP contribution >= 0.6 is 0 Å². The Labute approximate surface area is 401 Å². The van der Waals surface area contributed by atoms with Gasteiger partial charge in [-0.05, 0) is 44.2 Å². The van der Waals surface area contributed by atoms with Crippen LogP contribution in [-0.4, -0.2) is 19.9 Å². The molecule has 10 rings (SSSR count). The lowest BCUT2D eigenvalue weighted by atomic mass is 9.81. The summed E-state index contributed by atoms with van der Waals surface area (Å²) in [5, 5.41) is 0. The Morgan fingerprint density at radius 3 is 0.721 bits per heavy atom. The zero-order valence-corrected chi connectivity index (χ0v) is 39.6. The van der Waals surface area contributed by atoms with Crippen LogP contribution in [0.15, 0.2) is 218 Å². The molecule has 0 bridgehead atoms. The Bertz CT molecular complexity index is 3120. The minimum absolute atomic E-state index is 0.233. The average molecular weight is 879 g/mol. The van der Waals surface area contributed by atoms with Crippen molar-refractivity contribution in [1.82, 2.24) is 19.9 Å². The first-order valence-corrected chi connectivity index (χ1v) is 23.5. The van der Waals surface area contributed by atoms with E-state index in [-0.39, 0.29) is 10.8 Å². The van der Waals surface area contributed by atoms with Crippen LogP contribution in [0.2, 0.25) is 0 Å². The number of aromatic nitrogens is 4. The summed E-state index contributed by atoms with van der Waals surface area (Å²) in [6, 6.07) is 76.9.